The van der Waals surface area contributed by atoms with Gasteiger partial charge < -0.3 is 10.3 Å². The first kappa shape index (κ1) is 15.9. The number of nitriles is 1. The van der Waals surface area contributed by atoms with Gasteiger partial charge in [-0.1, -0.05) is 0 Å². The Kier molecular flexibility index (Phi) is 4.15. The van der Waals surface area contributed by atoms with Gasteiger partial charge in [-0.2, -0.15) is 10.4 Å². The molecule has 0 amide bonds. The lowest BCUT2D eigenvalue weighted by molar-refractivity contribution is 0.558. The third-order valence-corrected chi connectivity index (χ3v) is 3.79. The molecule has 0 unspecified atom stereocenters. The minimum atomic E-state index is -0.336. The maximum atomic E-state index is 13.8. The fourth-order valence-electron chi connectivity index (χ4n) is 2.77. The molecule has 7 heteroatoms. The summed E-state index contributed by atoms with van der Waals surface area (Å²) in [4.78, 5) is 4.42. The number of hydrogen-bond donors (Lipinski definition) is 1. The molecule has 0 spiro atoms. The van der Waals surface area contributed by atoms with Crippen LogP contribution in [0.1, 0.15) is 11.3 Å². The molecule has 0 aliphatic carbocycles. The minimum Gasteiger partial charge on any atom is -0.327 e. The molecule has 0 bridgehead atoms. The maximum absolute atomic E-state index is 13.8. The number of rotatable bonds is 4. The van der Waals surface area contributed by atoms with Gasteiger partial charge in [0.05, 0.1) is 46.9 Å². The summed E-state index contributed by atoms with van der Waals surface area (Å²) in [5, 5.41) is 13.7. The number of halogens is 1. The lowest BCUT2D eigenvalue weighted by Gasteiger charge is -2.07. The molecule has 0 saturated carbocycles. The molecule has 0 aliphatic rings. The number of hydrogen-bond acceptors (Lipinski definition) is 4. The van der Waals surface area contributed by atoms with Gasteiger partial charge in [0.2, 0.25) is 0 Å². The van der Waals surface area contributed by atoms with E-state index in [1.54, 1.807) is 27.7 Å². The van der Waals surface area contributed by atoms with Crippen molar-refractivity contribution in [2.75, 3.05) is 6.54 Å². The largest absolute Gasteiger partial charge is 0.327 e. The highest BCUT2D eigenvalue weighted by Gasteiger charge is 2.15. The molecule has 0 atom stereocenters. The Morgan fingerprint density at radius 2 is 2.21 bits per heavy atom. The third kappa shape index (κ3) is 2.79. The second kappa shape index (κ2) is 6.26. The van der Waals surface area contributed by atoms with Crippen LogP contribution in [0, 0.1) is 18.3 Å². The summed E-state index contributed by atoms with van der Waals surface area (Å²) in [5.41, 5.74) is 9.77. The molecule has 122 valence electrons. The Labute approximate surface area is 138 Å². The second-order valence-electron chi connectivity index (χ2n) is 5.56. The average Bonchev–Trinajstić information content (AvgIpc) is 3.09. The van der Waals surface area contributed by atoms with Gasteiger partial charge in [0.25, 0.3) is 0 Å². The van der Waals surface area contributed by atoms with Crippen molar-refractivity contribution in [3.8, 4) is 17.3 Å². The number of aromatic nitrogens is 4. The molecule has 3 rings (SSSR count). The first-order valence-electron chi connectivity index (χ1n) is 7.48. The van der Waals surface area contributed by atoms with Gasteiger partial charge in [0, 0.05) is 19.2 Å². The number of nitrogens with two attached hydrogens (primary N) is 1. The van der Waals surface area contributed by atoms with E-state index < -0.39 is 0 Å². The molecule has 3 aromatic rings. The zero-order valence-corrected chi connectivity index (χ0v) is 13.5. The Bertz CT molecular complexity index is 973. The van der Waals surface area contributed by atoms with Crippen molar-refractivity contribution >= 4 is 11.0 Å². The van der Waals surface area contributed by atoms with Gasteiger partial charge in [0.1, 0.15) is 5.83 Å². The highest BCUT2D eigenvalue weighted by Crippen LogP contribution is 2.30. The van der Waals surface area contributed by atoms with Crippen molar-refractivity contribution in [3.63, 3.8) is 0 Å². The van der Waals surface area contributed by atoms with Crippen LogP contribution in [-0.4, -0.2) is 25.9 Å². The van der Waals surface area contributed by atoms with Crippen LogP contribution in [0.4, 0.5) is 4.39 Å². The molecule has 6 nitrogen and oxygen atoms in total. The van der Waals surface area contributed by atoms with Crippen LogP contribution in [-0.2, 0) is 13.6 Å². The minimum absolute atomic E-state index is 0.0342. The van der Waals surface area contributed by atoms with Gasteiger partial charge in [-0.05, 0) is 31.2 Å². The molecule has 0 radical (unpaired) electrons. The van der Waals surface area contributed by atoms with E-state index in [4.69, 9.17) is 5.73 Å². The van der Waals surface area contributed by atoms with Crippen LogP contribution < -0.4 is 5.73 Å². The van der Waals surface area contributed by atoms with Gasteiger partial charge in [-0.15, -0.1) is 0 Å². The quantitative estimate of drug-likeness (QED) is 0.798. The smallest absolute Gasteiger partial charge is 0.117 e. The highest BCUT2D eigenvalue weighted by molar-refractivity contribution is 5.92. The van der Waals surface area contributed by atoms with E-state index in [0.717, 1.165) is 17.0 Å². The number of imidazole rings is 1. The third-order valence-electron chi connectivity index (χ3n) is 3.79. The fraction of sp³-hybridized carbons (Fsp3) is 0.235. The van der Waals surface area contributed by atoms with E-state index in [9.17, 15) is 9.65 Å². The zero-order chi connectivity index (χ0) is 17.3. The predicted octanol–water partition coefficient (Wildman–Crippen LogP) is 2.43. The monoisotopic (exact) mass is 324 g/mol. The molecule has 0 fully saturated rings. The number of fused-ring (bicyclic) bond motifs is 1. The lowest BCUT2D eigenvalue weighted by Crippen LogP contribution is -2.01. The van der Waals surface area contributed by atoms with Crippen molar-refractivity contribution in [2.24, 2.45) is 12.8 Å². The van der Waals surface area contributed by atoms with Crippen molar-refractivity contribution in [1.82, 2.24) is 19.3 Å². The van der Waals surface area contributed by atoms with Crippen LogP contribution in [0.2, 0.25) is 0 Å². The Morgan fingerprint density at radius 3 is 2.83 bits per heavy atom. The van der Waals surface area contributed by atoms with Crippen LogP contribution in [0.15, 0.2) is 36.4 Å². The van der Waals surface area contributed by atoms with Gasteiger partial charge in [-0.3, -0.25) is 4.68 Å². The maximum Gasteiger partial charge on any atom is 0.117 e. The van der Waals surface area contributed by atoms with Crippen LogP contribution in [0.3, 0.4) is 0 Å². The Balaban J connectivity index is 2.21. The summed E-state index contributed by atoms with van der Waals surface area (Å²) in [7, 11) is 1.84. The van der Waals surface area contributed by atoms with E-state index in [1.165, 1.54) is 6.08 Å². The molecular formula is C17H17FN6. The van der Waals surface area contributed by atoms with Gasteiger partial charge >= 0.3 is 0 Å². The van der Waals surface area contributed by atoms with Gasteiger partial charge in [-0.25, -0.2) is 9.37 Å². The molecule has 1 aromatic carbocycles. The summed E-state index contributed by atoms with van der Waals surface area (Å²) in [6.45, 7) is 2.08. The number of nitrogens with zero attached hydrogens (tertiary/aromatic N) is 5. The van der Waals surface area contributed by atoms with Gasteiger partial charge in [0.15, 0.2) is 0 Å². The van der Waals surface area contributed by atoms with Crippen LogP contribution in [0.25, 0.3) is 22.3 Å². The average molecular weight is 324 g/mol. The van der Waals surface area contributed by atoms with E-state index in [1.807, 2.05) is 20.0 Å². The molecule has 0 saturated heterocycles. The SMILES string of the molecule is Cc1cc(-c2cc(C#N)cc3c2ncn3CC(F)=CCN)n(C)n1. The molecule has 2 aromatic heterocycles. The molecular weight excluding hydrogens is 307 g/mol. The lowest BCUT2D eigenvalue weighted by atomic mass is 10.1. The summed E-state index contributed by atoms with van der Waals surface area (Å²) in [6.07, 6.45) is 2.90. The number of allylic oxidation sites excluding steroid dienone is 1. The molecule has 24 heavy (non-hydrogen) atoms. The number of aryl methyl sites for hydroxylation is 2. The summed E-state index contributed by atoms with van der Waals surface area (Å²) >= 11 is 0. The van der Waals surface area contributed by atoms with Crippen molar-refractivity contribution < 1.29 is 4.39 Å². The first-order valence-corrected chi connectivity index (χ1v) is 7.48. The highest BCUT2D eigenvalue weighted by atomic mass is 19.1. The summed E-state index contributed by atoms with van der Waals surface area (Å²) < 4.78 is 17.2. The Hall–Kier alpha value is -2.98. The topological polar surface area (TPSA) is 85.5 Å². The van der Waals surface area contributed by atoms with Crippen LogP contribution >= 0.6 is 0 Å². The summed E-state index contributed by atoms with van der Waals surface area (Å²) in [6, 6.07) is 7.58. The molecule has 0 aliphatic heterocycles. The zero-order valence-electron chi connectivity index (χ0n) is 13.5. The first-order chi connectivity index (χ1) is 11.5. The van der Waals surface area contributed by atoms with E-state index in [2.05, 4.69) is 16.2 Å². The van der Waals surface area contributed by atoms with Crippen molar-refractivity contribution in [1.29, 1.82) is 5.26 Å². The second-order valence-corrected chi connectivity index (χ2v) is 5.56. The van der Waals surface area contributed by atoms with E-state index in [0.29, 0.717) is 16.6 Å². The molecule has 2 N–H and O–H groups in total. The predicted molar refractivity (Wildman–Crippen MR) is 89.6 cm³/mol. The molecule has 2 heterocycles. The fourth-order valence-corrected chi connectivity index (χ4v) is 2.77. The van der Waals surface area contributed by atoms with E-state index in [-0.39, 0.29) is 18.9 Å². The standard InChI is InChI=1S/C17H17FN6/c1-11-5-15(23(2)22-11)14-6-12(8-20)7-16-17(14)21-10-24(16)9-13(18)3-4-19/h3,5-7,10H,4,9,19H2,1-2H3. The van der Waals surface area contributed by atoms with Crippen molar-refractivity contribution in [2.45, 2.75) is 13.5 Å². The van der Waals surface area contributed by atoms with Crippen molar-refractivity contribution in [3.05, 3.63) is 47.7 Å². The van der Waals surface area contributed by atoms with Crippen LogP contribution in [0.5, 0.6) is 0 Å². The van der Waals surface area contributed by atoms with E-state index >= 15 is 0 Å². The number of benzene rings is 1. The Morgan fingerprint density at radius 1 is 1.42 bits per heavy atom. The normalized spacial score (nSPS) is 11.9. The summed E-state index contributed by atoms with van der Waals surface area (Å²) in [5.74, 6) is -0.336.